The standard InChI is InChI=1S/C18H27N3O3S/c1-12-6-9-15(25(23,24)21-14-7-8-14)10-16(12)18(22)20-17-5-3-2-4-13(17)11-19/h6,9-10,13-14,17,21H,2-5,7-8,11,19H2,1H3,(H,20,22). The molecule has 3 rings (SSSR count). The minimum absolute atomic E-state index is 0.0381. The third-order valence-corrected chi connectivity index (χ3v) is 6.71. The van der Waals surface area contributed by atoms with Crippen molar-refractivity contribution in [3.05, 3.63) is 29.3 Å². The lowest BCUT2D eigenvalue weighted by Gasteiger charge is -2.31. The highest BCUT2D eigenvalue weighted by Gasteiger charge is 2.29. The fraction of sp³-hybridized carbons (Fsp3) is 0.611. The fourth-order valence-electron chi connectivity index (χ4n) is 3.43. The monoisotopic (exact) mass is 365 g/mol. The van der Waals surface area contributed by atoms with E-state index < -0.39 is 10.0 Å². The summed E-state index contributed by atoms with van der Waals surface area (Å²) in [6, 6.07) is 4.83. The first kappa shape index (κ1) is 18.4. The van der Waals surface area contributed by atoms with Gasteiger partial charge in [0.15, 0.2) is 0 Å². The number of carbonyl (C=O) groups excluding carboxylic acids is 1. The molecule has 2 aliphatic carbocycles. The molecule has 0 aromatic heterocycles. The average Bonchev–Trinajstić information content (AvgIpc) is 3.38. The van der Waals surface area contributed by atoms with Crippen LogP contribution < -0.4 is 15.8 Å². The van der Waals surface area contributed by atoms with E-state index >= 15 is 0 Å². The van der Waals surface area contributed by atoms with Crippen LogP contribution in [0.2, 0.25) is 0 Å². The number of aryl methyl sites for hydroxylation is 1. The highest BCUT2D eigenvalue weighted by molar-refractivity contribution is 7.89. The Labute approximate surface area is 149 Å². The van der Waals surface area contributed by atoms with Gasteiger partial charge in [0.25, 0.3) is 5.91 Å². The van der Waals surface area contributed by atoms with Gasteiger partial charge in [0.1, 0.15) is 0 Å². The van der Waals surface area contributed by atoms with Crippen molar-refractivity contribution in [1.29, 1.82) is 0 Å². The van der Waals surface area contributed by atoms with Crippen LogP contribution in [0.5, 0.6) is 0 Å². The molecule has 4 N–H and O–H groups in total. The maximum absolute atomic E-state index is 12.7. The Morgan fingerprint density at radius 2 is 1.92 bits per heavy atom. The van der Waals surface area contributed by atoms with Crippen LogP contribution in [-0.4, -0.2) is 33.0 Å². The number of benzene rings is 1. The quantitative estimate of drug-likeness (QED) is 0.714. The summed E-state index contributed by atoms with van der Waals surface area (Å²) in [6.45, 7) is 2.38. The van der Waals surface area contributed by atoms with Crippen LogP contribution in [0.3, 0.4) is 0 Å². The number of amides is 1. The first-order valence-corrected chi connectivity index (χ1v) is 10.5. The summed E-state index contributed by atoms with van der Waals surface area (Å²) in [4.78, 5) is 12.9. The molecule has 2 aliphatic rings. The van der Waals surface area contributed by atoms with Gasteiger partial charge < -0.3 is 11.1 Å². The van der Waals surface area contributed by atoms with Crippen molar-refractivity contribution in [1.82, 2.24) is 10.0 Å². The van der Waals surface area contributed by atoms with E-state index in [2.05, 4.69) is 10.0 Å². The van der Waals surface area contributed by atoms with Gasteiger partial charge in [-0.1, -0.05) is 18.9 Å². The van der Waals surface area contributed by atoms with Crippen LogP contribution in [-0.2, 0) is 10.0 Å². The third-order valence-electron chi connectivity index (χ3n) is 5.19. The summed E-state index contributed by atoms with van der Waals surface area (Å²) >= 11 is 0. The van der Waals surface area contributed by atoms with Crippen molar-refractivity contribution in [3.63, 3.8) is 0 Å². The number of nitrogens with one attached hydrogen (secondary N) is 2. The highest BCUT2D eigenvalue weighted by Crippen LogP contribution is 2.25. The van der Waals surface area contributed by atoms with Gasteiger partial charge in [-0.25, -0.2) is 13.1 Å². The zero-order valence-corrected chi connectivity index (χ0v) is 15.4. The van der Waals surface area contributed by atoms with E-state index in [1.165, 1.54) is 6.07 Å². The number of rotatable bonds is 6. The average molecular weight is 365 g/mol. The molecule has 0 saturated heterocycles. The van der Waals surface area contributed by atoms with Gasteiger partial charge in [0.05, 0.1) is 4.90 Å². The van der Waals surface area contributed by atoms with E-state index in [1.54, 1.807) is 12.1 Å². The molecule has 1 aromatic carbocycles. The molecule has 6 nitrogen and oxygen atoms in total. The normalized spacial score (nSPS) is 24.1. The van der Waals surface area contributed by atoms with Crippen LogP contribution in [0.15, 0.2) is 23.1 Å². The van der Waals surface area contributed by atoms with Gasteiger partial charge in [-0.3, -0.25) is 4.79 Å². The van der Waals surface area contributed by atoms with Crippen molar-refractivity contribution < 1.29 is 13.2 Å². The minimum Gasteiger partial charge on any atom is -0.349 e. The third kappa shape index (κ3) is 4.40. The van der Waals surface area contributed by atoms with Crippen LogP contribution in [0.4, 0.5) is 0 Å². The van der Waals surface area contributed by atoms with E-state index in [9.17, 15) is 13.2 Å². The smallest absolute Gasteiger partial charge is 0.251 e. The van der Waals surface area contributed by atoms with Crippen LogP contribution >= 0.6 is 0 Å². The molecule has 2 unspecified atom stereocenters. The predicted molar refractivity (Wildman–Crippen MR) is 96.8 cm³/mol. The van der Waals surface area contributed by atoms with E-state index in [0.717, 1.165) is 44.1 Å². The second-order valence-electron chi connectivity index (χ2n) is 7.23. The van der Waals surface area contributed by atoms with E-state index in [0.29, 0.717) is 18.0 Å². The van der Waals surface area contributed by atoms with Gasteiger partial charge in [-0.05, 0) is 62.8 Å². The minimum atomic E-state index is -3.57. The molecule has 0 aliphatic heterocycles. The summed E-state index contributed by atoms with van der Waals surface area (Å²) in [5.74, 6) is 0.0766. The largest absolute Gasteiger partial charge is 0.349 e. The van der Waals surface area contributed by atoms with Crippen LogP contribution in [0, 0.1) is 12.8 Å². The van der Waals surface area contributed by atoms with Crippen LogP contribution in [0.1, 0.15) is 54.4 Å². The first-order chi connectivity index (χ1) is 11.9. The molecule has 2 saturated carbocycles. The lowest BCUT2D eigenvalue weighted by molar-refractivity contribution is 0.0907. The van der Waals surface area contributed by atoms with E-state index in [1.807, 2.05) is 6.92 Å². The van der Waals surface area contributed by atoms with Gasteiger partial charge in [-0.2, -0.15) is 0 Å². The van der Waals surface area contributed by atoms with Crippen molar-refractivity contribution in [2.24, 2.45) is 11.7 Å². The summed E-state index contributed by atoms with van der Waals surface area (Å²) in [5, 5.41) is 3.07. The Morgan fingerprint density at radius 1 is 1.20 bits per heavy atom. The maximum atomic E-state index is 12.7. The Hall–Kier alpha value is -1.44. The van der Waals surface area contributed by atoms with Gasteiger partial charge in [0, 0.05) is 17.6 Å². The Bertz CT molecular complexity index is 744. The molecular weight excluding hydrogens is 338 g/mol. The van der Waals surface area contributed by atoms with E-state index in [-0.39, 0.29) is 22.9 Å². The SMILES string of the molecule is Cc1ccc(S(=O)(=O)NC2CC2)cc1C(=O)NC1CCCCC1CN. The molecule has 0 radical (unpaired) electrons. The maximum Gasteiger partial charge on any atom is 0.251 e. The van der Waals surface area contributed by atoms with Gasteiger partial charge in [-0.15, -0.1) is 0 Å². The lowest BCUT2D eigenvalue weighted by atomic mass is 9.84. The second kappa shape index (κ2) is 7.43. The van der Waals surface area contributed by atoms with Gasteiger partial charge in [0.2, 0.25) is 10.0 Å². The van der Waals surface area contributed by atoms with Crippen LogP contribution in [0.25, 0.3) is 0 Å². The Morgan fingerprint density at radius 3 is 2.60 bits per heavy atom. The van der Waals surface area contributed by atoms with E-state index in [4.69, 9.17) is 5.73 Å². The first-order valence-electron chi connectivity index (χ1n) is 9.04. The lowest BCUT2D eigenvalue weighted by Crippen LogP contribution is -2.44. The molecule has 0 bridgehead atoms. The van der Waals surface area contributed by atoms with Crippen molar-refractivity contribution in [2.45, 2.75) is 62.4 Å². The fourth-order valence-corrected chi connectivity index (χ4v) is 4.76. The summed E-state index contributed by atoms with van der Waals surface area (Å²) in [5.41, 5.74) is 7.02. The highest BCUT2D eigenvalue weighted by atomic mass is 32.2. The van der Waals surface area contributed by atoms with Crippen molar-refractivity contribution in [3.8, 4) is 0 Å². The number of sulfonamides is 1. The second-order valence-corrected chi connectivity index (χ2v) is 8.95. The predicted octanol–water partition coefficient (Wildman–Crippen LogP) is 1.68. The zero-order chi connectivity index (χ0) is 18.0. The molecule has 2 fully saturated rings. The summed E-state index contributed by atoms with van der Waals surface area (Å²) in [6.07, 6.45) is 5.93. The number of nitrogens with two attached hydrogens (primary N) is 1. The Balaban J connectivity index is 1.78. The molecule has 138 valence electrons. The number of hydrogen-bond donors (Lipinski definition) is 3. The molecule has 1 amide bonds. The summed E-state index contributed by atoms with van der Waals surface area (Å²) in [7, 11) is -3.57. The number of hydrogen-bond acceptors (Lipinski definition) is 4. The molecule has 0 spiro atoms. The topological polar surface area (TPSA) is 101 Å². The number of carbonyl (C=O) groups is 1. The zero-order valence-electron chi connectivity index (χ0n) is 14.6. The Kier molecular flexibility index (Phi) is 5.46. The van der Waals surface area contributed by atoms with Crippen molar-refractivity contribution >= 4 is 15.9 Å². The molecule has 2 atom stereocenters. The molecular formula is C18H27N3O3S. The molecule has 0 heterocycles. The molecule has 25 heavy (non-hydrogen) atoms. The van der Waals surface area contributed by atoms with Crippen molar-refractivity contribution in [2.75, 3.05) is 6.54 Å². The molecule has 1 aromatic rings. The summed E-state index contributed by atoms with van der Waals surface area (Å²) < 4.78 is 27.4. The van der Waals surface area contributed by atoms with Gasteiger partial charge >= 0.3 is 0 Å². The molecule has 7 heteroatoms.